The lowest BCUT2D eigenvalue weighted by Crippen LogP contribution is -2.22. The number of halogens is 1. The van der Waals surface area contributed by atoms with E-state index in [1.807, 2.05) is 36.0 Å². The fourth-order valence-corrected chi connectivity index (χ4v) is 3.66. The number of benzene rings is 2. The van der Waals surface area contributed by atoms with Gasteiger partial charge in [-0.25, -0.2) is 0 Å². The van der Waals surface area contributed by atoms with Gasteiger partial charge in [-0.05, 0) is 37.1 Å². The van der Waals surface area contributed by atoms with Gasteiger partial charge in [0, 0.05) is 26.1 Å². The Morgan fingerprint density at radius 3 is 2.57 bits per heavy atom. The highest BCUT2D eigenvalue weighted by atomic mass is 35.5. The van der Waals surface area contributed by atoms with Gasteiger partial charge in [0.2, 0.25) is 0 Å². The number of nitrogens with zero attached hydrogens (tertiary/aromatic N) is 1. The molecule has 0 radical (unpaired) electrons. The molecular weight excluding hydrogens is 324 g/mol. The molecule has 0 aliphatic carbocycles. The molecule has 118 valence electrons. The van der Waals surface area contributed by atoms with Gasteiger partial charge >= 0.3 is 0 Å². The zero-order chi connectivity index (χ0) is 16.2. The molecule has 1 heterocycles. The second-order valence-corrected chi connectivity index (χ2v) is 6.99. The molecule has 4 heteroatoms. The molecule has 3 rings (SSSR count). The number of thioether (sulfide) groups is 1. The molecular formula is C19H19ClN2S. The average Bonchev–Trinajstić information content (AvgIpc) is 2.71. The molecule has 1 aliphatic rings. The Bertz CT molecular complexity index is 763. The summed E-state index contributed by atoms with van der Waals surface area (Å²) < 4.78 is 0. The number of amidine groups is 1. The predicted molar refractivity (Wildman–Crippen MR) is 100 cm³/mol. The van der Waals surface area contributed by atoms with Crippen LogP contribution in [0.25, 0.3) is 0 Å². The molecule has 0 spiro atoms. The van der Waals surface area contributed by atoms with Gasteiger partial charge in [-0.1, -0.05) is 60.6 Å². The zero-order valence-electron chi connectivity index (χ0n) is 13.3. The fourth-order valence-electron chi connectivity index (χ4n) is 2.50. The van der Waals surface area contributed by atoms with E-state index in [1.54, 1.807) is 0 Å². The molecule has 2 aromatic carbocycles. The molecule has 1 aliphatic heterocycles. The van der Waals surface area contributed by atoms with E-state index in [2.05, 4.69) is 43.4 Å². The maximum atomic E-state index is 5.94. The lowest BCUT2D eigenvalue weighted by molar-refractivity contribution is 1.00. The second-order valence-electron chi connectivity index (χ2n) is 5.42. The van der Waals surface area contributed by atoms with Gasteiger partial charge in [0.15, 0.2) is 0 Å². The minimum Gasteiger partial charge on any atom is -0.343 e. The number of hydrogen-bond acceptors (Lipinski definition) is 2. The summed E-state index contributed by atoms with van der Waals surface area (Å²) in [7, 11) is 0. The van der Waals surface area contributed by atoms with Gasteiger partial charge in [-0.2, -0.15) is 0 Å². The summed E-state index contributed by atoms with van der Waals surface area (Å²) in [5.74, 6) is 0.934. The third kappa shape index (κ3) is 3.80. The van der Waals surface area contributed by atoms with Crippen LogP contribution in [0.5, 0.6) is 0 Å². The first kappa shape index (κ1) is 16.2. The number of allylic oxidation sites excluding steroid dienone is 2. The number of aliphatic imine (C=N–C) groups is 1. The maximum absolute atomic E-state index is 5.94. The highest BCUT2D eigenvalue weighted by Crippen LogP contribution is 2.35. The van der Waals surface area contributed by atoms with Crippen LogP contribution in [0.3, 0.4) is 0 Å². The minimum absolute atomic E-state index is 0.632. The predicted octanol–water partition coefficient (Wildman–Crippen LogP) is 5.62. The van der Waals surface area contributed by atoms with Crippen molar-refractivity contribution in [3.8, 4) is 0 Å². The zero-order valence-corrected chi connectivity index (χ0v) is 14.8. The molecule has 0 atom stereocenters. The molecule has 0 fully saturated rings. The largest absolute Gasteiger partial charge is 0.343 e. The molecule has 23 heavy (non-hydrogen) atoms. The first-order valence-electron chi connectivity index (χ1n) is 7.70. The van der Waals surface area contributed by atoms with E-state index in [9.17, 15) is 0 Å². The Balaban J connectivity index is 1.95. The highest BCUT2D eigenvalue weighted by molar-refractivity contribution is 8.03. The van der Waals surface area contributed by atoms with Crippen LogP contribution in [0.1, 0.15) is 31.4 Å². The monoisotopic (exact) mass is 342 g/mol. The third-order valence-corrected chi connectivity index (χ3v) is 5.42. The molecule has 0 aromatic heterocycles. The minimum atomic E-state index is 0.632. The Hall–Kier alpha value is -1.71. The molecule has 0 saturated carbocycles. The van der Waals surface area contributed by atoms with Gasteiger partial charge in [0.05, 0.1) is 6.54 Å². The van der Waals surface area contributed by atoms with Crippen molar-refractivity contribution in [2.45, 2.75) is 31.7 Å². The van der Waals surface area contributed by atoms with E-state index in [-0.39, 0.29) is 0 Å². The number of nitrogens with one attached hydrogen (secondary N) is 1. The van der Waals surface area contributed by atoms with Crippen molar-refractivity contribution in [2.24, 2.45) is 4.99 Å². The molecule has 0 amide bonds. The van der Waals surface area contributed by atoms with Gasteiger partial charge in [-0.3, -0.25) is 4.99 Å². The second kappa shape index (κ2) is 7.24. The van der Waals surface area contributed by atoms with Crippen LogP contribution in [-0.4, -0.2) is 5.84 Å². The van der Waals surface area contributed by atoms with Crippen LogP contribution in [0.15, 0.2) is 69.0 Å². The first-order chi connectivity index (χ1) is 11.2. The highest BCUT2D eigenvalue weighted by Gasteiger charge is 2.17. The van der Waals surface area contributed by atoms with Gasteiger partial charge < -0.3 is 5.32 Å². The summed E-state index contributed by atoms with van der Waals surface area (Å²) in [6.07, 6.45) is 1.02. The average molecular weight is 343 g/mol. The summed E-state index contributed by atoms with van der Waals surface area (Å²) in [6.45, 7) is 4.94. The van der Waals surface area contributed by atoms with Crippen molar-refractivity contribution in [3.05, 3.63) is 75.3 Å². The van der Waals surface area contributed by atoms with Crippen LogP contribution in [0.2, 0.25) is 5.02 Å². The summed E-state index contributed by atoms with van der Waals surface area (Å²) in [6, 6.07) is 16.3. The number of rotatable bonds is 3. The van der Waals surface area contributed by atoms with Crippen LogP contribution < -0.4 is 5.32 Å². The Kier molecular flexibility index (Phi) is 5.09. The van der Waals surface area contributed by atoms with Crippen molar-refractivity contribution in [1.82, 2.24) is 5.32 Å². The summed E-state index contributed by atoms with van der Waals surface area (Å²) in [5.41, 5.74) is 3.49. The molecule has 1 N–H and O–H groups in total. The molecule has 0 saturated heterocycles. The van der Waals surface area contributed by atoms with E-state index in [0.717, 1.165) is 28.4 Å². The van der Waals surface area contributed by atoms with Crippen molar-refractivity contribution in [1.29, 1.82) is 0 Å². The molecule has 2 nitrogen and oxygen atoms in total. The van der Waals surface area contributed by atoms with E-state index < -0.39 is 0 Å². The smallest absolute Gasteiger partial charge is 0.133 e. The number of fused-ring (bicyclic) bond motifs is 1. The summed E-state index contributed by atoms with van der Waals surface area (Å²) in [5, 5.41) is 4.25. The van der Waals surface area contributed by atoms with Crippen molar-refractivity contribution in [3.63, 3.8) is 0 Å². The SMILES string of the molecule is CCC1=C(C)NC(=NCc2ccc(Cl)cc2)c2ccccc2S1. The quantitative estimate of drug-likeness (QED) is 0.782. The third-order valence-electron chi connectivity index (χ3n) is 3.75. The van der Waals surface area contributed by atoms with Crippen LogP contribution in [-0.2, 0) is 6.54 Å². The van der Waals surface area contributed by atoms with Crippen molar-refractivity contribution < 1.29 is 0 Å². The lowest BCUT2D eigenvalue weighted by atomic mass is 10.2. The standard InChI is InChI=1S/C19H19ClN2S/c1-3-17-13(2)22-19(16-6-4-5-7-18(16)23-17)21-12-14-8-10-15(20)11-9-14/h4-11H,3,12H2,1-2H3,(H,21,22). The van der Waals surface area contributed by atoms with E-state index in [1.165, 1.54) is 15.5 Å². The Morgan fingerprint density at radius 1 is 1.09 bits per heavy atom. The van der Waals surface area contributed by atoms with E-state index in [4.69, 9.17) is 16.6 Å². The van der Waals surface area contributed by atoms with Crippen molar-refractivity contribution >= 4 is 29.2 Å². The topological polar surface area (TPSA) is 24.4 Å². The first-order valence-corrected chi connectivity index (χ1v) is 8.89. The van der Waals surface area contributed by atoms with Gasteiger partial charge in [0.1, 0.15) is 5.84 Å². The fraction of sp³-hybridized carbons (Fsp3) is 0.211. The Morgan fingerprint density at radius 2 is 1.83 bits per heavy atom. The van der Waals surface area contributed by atoms with Crippen LogP contribution >= 0.6 is 23.4 Å². The number of hydrogen-bond donors (Lipinski definition) is 1. The molecule has 0 unspecified atom stereocenters. The maximum Gasteiger partial charge on any atom is 0.133 e. The molecule has 2 aromatic rings. The lowest BCUT2D eigenvalue weighted by Gasteiger charge is -2.10. The summed E-state index contributed by atoms with van der Waals surface area (Å²) in [4.78, 5) is 7.43. The normalized spacial score (nSPS) is 16.0. The van der Waals surface area contributed by atoms with Gasteiger partial charge in [-0.15, -0.1) is 0 Å². The van der Waals surface area contributed by atoms with Crippen LogP contribution in [0.4, 0.5) is 0 Å². The molecule has 0 bridgehead atoms. The van der Waals surface area contributed by atoms with Crippen LogP contribution in [0, 0.1) is 0 Å². The van der Waals surface area contributed by atoms with E-state index >= 15 is 0 Å². The van der Waals surface area contributed by atoms with Crippen molar-refractivity contribution in [2.75, 3.05) is 0 Å². The summed E-state index contributed by atoms with van der Waals surface area (Å²) >= 11 is 7.78. The Labute approximate surface area is 146 Å². The van der Waals surface area contributed by atoms with Gasteiger partial charge in [0.25, 0.3) is 0 Å². The van der Waals surface area contributed by atoms with E-state index in [0.29, 0.717) is 6.54 Å².